The Morgan fingerprint density at radius 1 is 1.10 bits per heavy atom. The van der Waals surface area contributed by atoms with Gasteiger partial charge in [0.05, 0.1) is 16.5 Å². The summed E-state index contributed by atoms with van der Waals surface area (Å²) < 4.78 is 19.4. The first kappa shape index (κ1) is 26.3. The summed E-state index contributed by atoms with van der Waals surface area (Å²) in [7, 11) is 0. The number of aliphatic hydroxyl groups is 1. The number of carbonyl (C=O) groups is 2. The molecule has 0 saturated heterocycles. The molecule has 1 aliphatic heterocycles. The smallest absolute Gasteiger partial charge is 0.296 e. The number of rotatable bonds is 8. The van der Waals surface area contributed by atoms with Crippen molar-refractivity contribution in [1.82, 2.24) is 10.2 Å². The van der Waals surface area contributed by atoms with E-state index >= 15 is 0 Å². The van der Waals surface area contributed by atoms with Crippen LogP contribution in [0.25, 0.3) is 11.0 Å². The molecular weight excluding hydrogens is 571 g/mol. The van der Waals surface area contributed by atoms with Gasteiger partial charge in [0.15, 0.2) is 15.9 Å². The number of nitrogens with zero attached hydrogens (tertiary/aromatic N) is 4. The van der Waals surface area contributed by atoms with E-state index in [2.05, 4.69) is 10.2 Å². The minimum atomic E-state index is -1.24. The van der Waals surface area contributed by atoms with E-state index < -0.39 is 28.4 Å². The number of Topliss-reactive ketones (excluding diaryl/α,β-unsaturated/α-hetero) is 1. The zero-order chi connectivity index (χ0) is 28.7. The third-order valence-corrected chi connectivity index (χ3v) is 8.50. The standard InChI is InChI=1S/C28H17FN4O6S2/c29-18-10-8-15(9-11-18)14-40-28-31-30-27(41-28)32-23(17-5-3-6-19(12-17)33(37)38)22(25(35)26(32)36)24(34)21-13-16-4-1-2-7-20(16)39-21/h1-13,23,35H,14H2. The first-order valence-corrected chi connectivity index (χ1v) is 13.9. The predicted molar refractivity (Wildman–Crippen MR) is 149 cm³/mol. The molecule has 3 aromatic carbocycles. The molecule has 3 heterocycles. The Morgan fingerprint density at radius 2 is 1.88 bits per heavy atom. The number of fused-ring (bicyclic) bond motifs is 1. The van der Waals surface area contributed by atoms with Gasteiger partial charge in [0.1, 0.15) is 11.4 Å². The van der Waals surface area contributed by atoms with E-state index in [1.54, 1.807) is 36.4 Å². The molecule has 1 atom stereocenters. The van der Waals surface area contributed by atoms with E-state index in [9.17, 15) is 29.2 Å². The second-order valence-corrected chi connectivity index (χ2v) is 11.1. The van der Waals surface area contributed by atoms with E-state index in [4.69, 9.17) is 4.42 Å². The van der Waals surface area contributed by atoms with E-state index in [0.717, 1.165) is 21.8 Å². The number of nitro groups is 1. The third-order valence-electron chi connectivity index (χ3n) is 6.38. The van der Waals surface area contributed by atoms with Gasteiger partial charge in [0, 0.05) is 23.3 Å². The number of carbonyl (C=O) groups excluding carboxylic acids is 2. The maximum absolute atomic E-state index is 13.8. The van der Waals surface area contributed by atoms with E-state index in [1.807, 2.05) is 0 Å². The van der Waals surface area contributed by atoms with Crippen molar-refractivity contribution in [3.05, 3.63) is 123 Å². The van der Waals surface area contributed by atoms with Crippen LogP contribution in [0.5, 0.6) is 0 Å². The average molecular weight is 589 g/mol. The van der Waals surface area contributed by atoms with Gasteiger partial charge in [0.2, 0.25) is 10.9 Å². The Morgan fingerprint density at radius 3 is 2.63 bits per heavy atom. The van der Waals surface area contributed by atoms with Crippen LogP contribution in [0.3, 0.4) is 0 Å². The summed E-state index contributed by atoms with van der Waals surface area (Å²) >= 11 is 2.35. The van der Waals surface area contributed by atoms with Gasteiger partial charge in [-0.15, -0.1) is 10.2 Å². The molecule has 10 nitrogen and oxygen atoms in total. The highest BCUT2D eigenvalue weighted by Gasteiger charge is 2.47. The maximum Gasteiger partial charge on any atom is 0.296 e. The molecule has 0 saturated carbocycles. The monoisotopic (exact) mass is 588 g/mol. The number of thioether (sulfide) groups is 1. The number of benzene rings is 3. The zero-order valence-corrected chi connectivity index (χ0v) is 22.4. The molecule has 6 rings (SSSR count). The first-order chi connectivity index (χ1) is 19.8. The average Bonchev–Trinajstić information content (AvgIpc) is 3.69. The maximum atomic E-state index is 13.8. The van der Waals surface area contributed by atoms with Crippen molar-refractivity contribution in [3.8, 4) is 0 Å². The van der Waals surface area contributed by atoms with E-state index in [-0.39, 0.29) is 33.5 Å². The molecule has 1 N–H and O–H groups in total. The van der Waals surface area contributed by atoms with Crippen LogP contribution < -0.4 is 4.90 Å². The van der Waals surface area contributed by atoms with E-state index in [0.29, 0.717) is 21.1 Å². The Kier molecular flexibility index (Phi) is 6.81. The SMILES string of the molecule is O=C(C1=C(O)C(=O)N(c2nnc(SCc3ccc(F)cc3)s2)C1c1cccc([N+](=O)[O-])c1)c1cc2ccccc2o1. The number of amides is 1. The molecule has 5 aromatic rings. The molecule has 204 valence electrons. The van der Waals surface area contributed by atoms with Crippen molar-refractivity contribution < 1.29 is 28.4 Å². The van der Waals surface area contributed by atoms with Crippen LogP contribution in [0.1, 0.15) is 27.7 Å². The fourth-order valence-corrected chi connectivity index (χ4v) is 6.29. The van der Waals surface area contributed by atoms with Gasteiger partial charge in [-0.2, -0.15) is 0 Å². The Hall–Kier alpha value is -4.88. The summed E-state index contributed by atoms with van der Waals surface area (Å²) in [4.78, 5) is 39.2. The zero-order valence-electron chi connectivity index (χ0n) is 20.8. The number of aliphatic hydroxyl groups excluding tert-OH is 1. The molecule has 1 unspecified atom stereocenters. The van der Waals surface area contributed by atoms with Crippen LogP contribution in [0.15, 0.2) is 99.0 Å². The Labute approximate surface area is 238 Å². The predicted octanol–water partition coefficient (Wildman–Crippen LogP) is 6.41. The number of nitro benzene ring substituents is 1. The second-order valence-electron chi connectivity index (χ2n) is 8.94. The summed E-state index contributed by atoms with van der Waals surface area (Å²) in [6.45, 7) is 0. The lowest BCUT2D eigenvalue weighted by Gasteiger charge is -2.23. The molecule has 2 aromatic heterocycles. The largest absolute Gasteiger partial charge is 0.503 e. The van der Waals surface area contributed by atoms with Gasteiger partial charge in [-0.25, -0.2) is 4.39 Å². The lowest BCUT2D eigenvalue weighted by molar-refractivity contribution is -0.384. The van der Waals surface area contributed by atoms with Gasteiger partial charge >= 0.3 is 0 Å². The number of ketones is 1. The summed E-state index contributed by atoms with van der Waals surface area (Å²) in [5, 5.41) is 31.5. The molecule has 41 heavy (non-hydrogen) atoms. The number of hydrogen-bond acceptors (Lipinski definition) is 10. The fraction of sp³-hybridized carbons (Fsp3) is 0.0714. The number of anilines is 1. The highest BCUT2D eigenvalue weighted by molar-refractivity contribution is 8.00. The second kappa shape index (κ2) is 10.6. The molecule has 1 aliphatic rings. The normalized spacial score (nSPS) is 15.2. The van der Waals surface area contributed by atoms with Crippen LogP contribution in [0, 0.1) is 15.9 Å². The Bertz CT molecular complexity index is 1830. The third kappa shape index (κ3) is 4.96. The summed E-state index contributed by atoms with van der Waals surface area (Å²) in [5.41, 5.74) is 0.940. The van der Waals surface area contributed by atoms with E-state index in [1.165, 1.54) is 54.2 Å². The molecule has 0 aliphatic carbocycles. The van der Waals surface area contributed by atoms with Crippen molar-refractivity contribution >= 4 is 56.6 Å². The van der Waals surface area contributed by atoms with Crippen molar-refractivity contribution in [2.45, 2.75) is 16.1 Å². The molecule has 0 fully saturated rings. The molecule has 0 bridgehead atoms. The summed E-state index contributed by atoms with van der Waals surface area (Å²) in [6, 6.07) is 18.7. The van der Waals surface area contributed by atoms with Crippen molar-refractivity contribution in [1.29, 1.82) is 0 Å². The van der Waals surface area contributed by atoms with Gasteiger partial charge < -0.3 is 9.52 Å². The summed E-state index contributed by atoms with van der Waals surface area (Å²) in [6.07, 6.45) is 0. The number of halogens is 1. The minimum absolute atomic E-state index is 0.0760. The number of non-ortho nitro benzene ring substituents is 1. The Balaban J connectivity index is 1.38. The van der Waals surface area contributed by atoms with Crippen LogP contribution in [0.4, 0.5) is 15.2 Å². The lowest BCUT2D eigenvalue weighted by atomic mass is 9.95. The van der Waals surface area contributed by atoms with Crippen LogP contribution in [-0.2, 0) is 10.5 Å². The van der Waals surface area contributed by atoms with Crippen LogP contribution in [0.2, 0.25) is 0 Å². The lowest BCUT2D eigenvalue weighted by Crippen LogP contribution is -2.31. The summed E-state index contributed by atoms with van der Waals surface area (Å²) in [5.74, 6) is -2.48. The number of aromatic nitrogens is 2. The molecular formula is C28H17FN4O6S2. The molecule has 13 heteroatoms. The van der Waals surface area contributed by atoms with Gasteiger partial charge in [-0.1, -0.05) is 65.6 Å². The van der Waals surface area contributed by atoms with Crippen molar-refractivity contribution in [2.24, 2.45) is 0 Å². The van der Waals surface area contributed by atoms with Gasteiger partial charge in [-0.3, -0.25) is 24.6 Å². The number of hydrogen-bond donors (Lipinski definition) is 1. The van der Waals surface area contributed by atoms with Crippen LogP contribution >= 0.6 is 23.1 Å². The van der Waals surface area contributed by atoms with Gasteiger partial charge in [-0.05, 0) is 35.4 Å². The number of para-hydroxylation sites is 1. The van der Waals surface area contributed by atoms with Crippen molar-refractivity contribution in [3.63, 3.8) is 0 Å². The highest BCUT2D eigenvalue weighted by Crippen LogP contribution is 2.44. The van der Waals surface area contributed by atoms with Crippen molar-refractivity contribution in [2.75, 3.05) is 4.90 Å². The van der Waals surface area contributed by atoms with Crippen LogP contribution in [-0.4, -0.2) is 31.9 Å². The quantitative estimate of drug-likeness (QED) is 0.0716. The van der Waals surface area contributed by atoms with Gasteiger partial charge in [0.25, 0.3) is 11.6 Å². The minimum Gasteiger partial charge on any atom is -0.503 e. The molecule has 1 amide bonds. The fourth-order valence-electron chi connectivity index (χ4n) is 4.47. The number of furan rings is 1. The topological polar surface area (TPSA) is 140 Å². The first-order valence-electron chi connectivity index (χ1n) is 12.0. The molecule has 0 spiro atoms. The highest BCUT2D eigenvalue weighted by atomic mass is 32.2. The molecule has 0 radical (unpaired) electrons.